The summed E-state index contributed by atoms with van der Waals surface area (Å²) in [5, 5.41) is 5.55. The third kappa shape index (κ3) is 3.79. The van der Waals surface area contributed by atoms with Crippen LogP contribution in [0.1, 0.15) is 13.3 Å². The number of hydrogen-bond acceptors (Lipinski definition) is 3. The molecule has 0 aromatic heterocycles. The maximum atomic E-state index is 11.8. The average molecular weight is 262 g/mol. The number of nitrogens with one attached hydrogen (secondary N) is 2. The molecule has 5 heteroatoms. The van der Waals surface area contributed by atoms with E-state index >= 15 is 0 Å². The number of carbonyl (C=O) groups is 2. The molecule has 0 heterocycles. The van der Waals surface area contributed by atoms with Gasteiger partial charge >= 0.3 is 0 Å². The molecular formula is C14H18N2O3. The van der Waals surface area contributed by atoms with Gasteiger partial charge in [0.2, 0.25) is 11.8 Å². The summed E-state index contributed by atoms with van der Waals surface area (Å²) in [6.07, 6.45) is 0.954. The number of carbonyl (C=O) groups excluding carboxylic acids is 2. The summed E-state index contributed by atoms with van der Waals surface area (Å²) < 4.78 is 4.74. The molecule has 1 saturated carbocycles. The molecule has 1 aromatic carbocycles. The third-order valence-corrected chi connectivity index (χ3v) is 3.14. The Morgan fingerprint density at radius 2 is 1.95 bits per heavy atom. The second-order valence-corrected chi connectivity index (χ2v) is 4.87. The van der Waals surface area contributed by atoms with Gasteiger partial charge in [0.25, 0.3) is 0 Å². The van der Waals surface area contributed by atoms with E-state index in [-0.39, 0.29) is 24.3 Å². The van der Waals surface area contributed by atoms with E-state index in [0.29, 0.717) is 17.3 Å². The van der Waals surface area contributed by atoms with E-state index in [1.54, 1.807) is 24.3 Å². The van der Waals surface area contributed by atoms with Gasteiger partial charge in [0, 0.05) is 24.4 Å². The van der Waals surface area contributed by atoms with Crippen molar-refractivity contribution in [3.8, 4) is 0 Å². The number of hydrogen-bond donors (Lipinski definition) is 2. The van der Waals surface area contributed by atoms with Crippen LogP contribution in [0.5, 0.6) is 0 Å². The fraction of sp³-hybridized carbons (Fsp3) is 0.429. The van der Waals surface area contributed by atoms with E-state index < -0.39 is 0 Å². The Bertz CT molecular complexity index is 487. The van der Waals surface area contributed by atoms with Crippen molar-refractivity contribution < 1.29 is 14.3 Å². The van der Waals surface area contributed by atoms with Crippen LogP contribution in [0, 0.1) is 11.8 Å². The topological polar surface area (TPSA) is 67.4 Å². The van der Waals surface area contributed by atoms with Crippen molar-refractivity contribution in [2.75, 3.05) is 24.4 Å². The molecule has 102 valence electrons. The number of benzene rings is 1. The molecule has 0 unspecified atom stereocenters. The maximum Gasteiger partial charge on any atom is 0.250 e. The zero-order valence-corrected chi connectivity index (χ0v) is 11.1. The first-order valence-electron chi connectivity index (χ1n) is 6.30. The van der Waals surface area contributed by atoms with Gasteiger partial charge in [-0.3, -0.25) is 9.59 Å². The number of amides is 2. The van der Waals surface area contributed by atoms with E-state index in [4.69, 9.17) is 4.74 Å². The Labute approximate surface area is 112 Å². The van der Waals surface area contributed by atoms with Crippen molar-refractivity contribution in [3.63, 3.8) is 0 Å². The van der Waals surface area contributed by atoms with Crippen LogP contribution in [0.25, 0.3) is 0 Å². The highest BCUT2D eigenvalue weighted by Gasteiger charge is 2.39. The van der Waals surface area contributed by atoms with Gasteiger partial charge in [-0.1, -0.05) is 13.0 Å². The van der Waals surface area contributed by atoms with Crippen LogP contribution in [-0.4, -0.2) is 25.5 Å². The summed E-state index contributed by atoms with van der Waals surface area (Å²) in [7, 11) is 1.47. The summed E-state index contributed by atoms with van der Waals surface area (Å²) in [6.45, 7) is 2.07. The molecule has 2 atom stereocenters. The van der Waals surface area contributed by atoms with Crippen molar-refractivity contribution in [2.45, 2.75) is 13.3 Å². The second-order valence-electron chi connectivity index (χ2n) is 4.87. The standard InChI is InChI=1S/C14H18N2O3/c1-9-6-12(9)14(18)16-11-5-3-4-10(7-11)15-13(17)8-19-2/h3-5,7,9,12H,6,8H2,1-2H3,(H,15,17)(H,16,18)/t9-,12-/m0/s1. The first kappa shape index (κ1) is 13.5. The molecule has 0 bridgehead atoms. The highest BCUT2D eigenvalue weighted by Crippen LogP contribution is 2.38. The van der Waals surface area contributed by atoms with Gasteiger partial charge in [-0.2, -0.15) is 0 Å². The Morgan fingerprint density at radius 3 is 2.53 bits per heavy atom. The van der Waals surface area contributed by atoms with Gasteiger partial charge in [0.15, 0.2) is 0 Å². The fourth-order valence-corrected chi connectivity index (χ4v) is 1.93. The lowest BCUT2D eigenvalue weighted by atomic mass is 10.2. The summed E-state index contributed by atoms with van der Waals surface area (Å²) in [5.74, 6) is 0.436. The number of rotatable bonds is 5. The van der Waals surface area contributed by atoms with E-state index in [1.807, 2.05) is 0 Å². The van der Waals surface area contributed by atoms with Crippen molar-refractivity contribution >= 4 is 23.2 Å². The summed E-state index contributed by atoms with van der Waals surface area (Å²) >= 11 is 0. The molecule has 1 aliphatic carbocycles. The summed E-state index contributed by atoms with van der Waals surface area (Å²) in [5.41, 5.74) is 1.34. The van der Waals surface area contributed by atoms with Gasteiger partial charge in [0.05, 0.1) is 0 Å². The molecule has 2 N–H and O–H groups in total. The lowest BCUT2D eigenvalue weighted by Gasteiger charge is -2.08. The van der Waals surface area contributed by atoms with E-state index in [1.165, 1.54) is 7.11 Å². The van der Waals surface area contributed by atoms with Crippen molar-refractivity contribution in [2.24, 2.45) is 11.8 Å². The molecule has 0 radical (unpaired) electrons. The second kappa shape index (κ2) is 5.84. The van der Waals surface area contributed by atoms with Crippen LogP contribution in [0.2, 0.25) is 0 Å². The smallest absolute Gasteiger partial charge is 0.250 e. The van der Waals surface area contributed by atoms with Crippen molar-refractivity contribution in [1.29, 1.82) is 0 Å². The van der Waals surface area contributed by atoms with Crippen LogP contribution in [0.4, 0.5) is 11.4 Å². The van der Waals surface area contributed by atoms with Gasteiger partial charge in [0.1, 0.15) is 6.61 Å². The zero-order chi connectivity index (χ0) is 13.8. The van der Waals surface area contributed by atoms with E-state index in [9.17, 15) is 9.59 Å². The Balaban J connectivity index is 1.95. The van der Waals surface area contributed by atoms with E-state index in [2.05, 4.69) is 17.6 Å². The van der Waals surface area contributed by atoms with Gasteiger partial charge in [-0.15, -0.1) is 0 Å². The summed E-state index contributed by atoms with van der Waals surface area (Å²) in [4.78, 5) is 23.2. The van der Waals surface area contributed by atoms with E-state index in [0.717, 1.165) is 6.42 Å². The van der Waals surface area contributed by atoms with Crippen LogP contribution in [-0.2, 0) is 14.3 Å². The Kier molecular flexibility index (Phi) is 4.16. The third-order valence-electron chi connectivity index (χ3n) is 3.14. The summed E-state index contributed by atoms with van der Waals surface area (Å²) in [6, 6.07) is 7.09. The highest BCUT2D eigenvalue weighted by molar-refractivity contribution is 5.96. The maximum absolute atomic E-state index is 11.8. The molecule has 1 aliphatic rings. The SMILES string of the molecule is COCC(=O)Nc1cccc(NC(=O)[C@H]2C[C@@H]2C)c1. The predicted octanol–water partition coefficient (Wildman–Crippen LogP) is 1.87. The van der Waals surface area contributed by atoms with Gasteiger partial charge < -0.3 is 15.4 Å². The first-order chi connectivity index (χ1) is 9.10. The minimum Gasteiger partial charge on any atom is -0.375 e. The molecule has 1 aromatic rings. The molecule has 2 amide bonds. The molecule has 2 rings (SSSR count). The number of methoxy groups -OCH3 is 1. The fourth-order valence-electron chi connectivity index (χ4n) is 1.93. The molecule has 0 aliphatic heterocycles. The van der Waals surface area contributed by atoms with Crippen molar-refractivity contribution in [1.82, 2.24) is 0 Å². The number of ether oxygens (including phenoxy) is 1. The zero-order valence-electron chi connectivity index (χ0n) is 11.1. The lowest BCUT2D eigenvalue weighted by molar-refractivity contribution is -0.119. The quantitative estimate of drug-likeness (QED) is 0.851. The highest BCUT2D eigenvalue weighted by atomic mass is 16.5. The largest absolute Gasteiger partial charge is 0.375 e. The average Bonchev–Trinajstić information content (AvgIpc) is 3.07. The van der Waals surface area contributed by atoms with Gasteiger partial charge in [-0.25, -0.2) is 0 Å². The van der Waals surface area contributed by atoms with Crippen LogP contribution in [0.15, 0.2) is 24.3 Å². The molecular weight excluding hydrogens is 244 g/mol. The first-order valence-corrected chi connectivity index (χ1v) is 6.30. The molecule has 0 saturated heterocycles. The molecule has 5 nitrogen and oxygen atoms in total. The minimum atomic E-state index is -0.221. The van der Waals surface area contributed by atoms with Crippen LogP contribution < -0.4 is 10.6 Å². The number of anilines is 2. The van der Waals surface area contributed by atoms with Crippen molar-refractivity contribution in [3.05, 3.63) is 24.3 Å². The van der Waals surface area contributed by atoms with Gasteiger partial charge in [-0.05, 0) is 30.5 Å². The molecule has 0 spiro atoms. The minimum absolute atomic E-state index is 0.0101. The Morgan fingerprint density at radius 1 is 1.32 bits per heavy atom. The predicted molar refractivity (Wildman–Crippen MR) is 72.8 cm³/mol. The van der Waals surface area contributed by atoms with Crippen LogP contribution in [0.3, 0.4) is 0 Å². The van der Waals surface area contributed by atoms with Crippen LogP contribution >= 0.6 is 0 Å². The molecule has 1 fully saturated rings. The Hall–Kier alpha value is -1.88. The lowest BCUT2D eigenvalue weighted by Crippen LogP contribution is -2.18. The monoisotopic (exact) mass is 262 g/mol. The molecule has 19 heavy (non-hydrogen) atoms. The normalized spacial score (nSPS) is 20.7.